The van der Waals surface area contributed by atoms with Gasteiger partial charge in [0.15, 0.2) is 5.82 Å². The maximum Gasteiger partial charge on any atom is 0.226 e. The second-order valence-electron chi connectivity index (χ2n) is 8.60. The monoisotopic (exact) mass is 424 g/mol. The van der Waals surface area contributed by atoms with Crippen LogP contribution in [0.4, 0.5) is 0 Å². The first kappa shape index (κ1) is 21.9. The van der Waals surface area contributed by atoms with E-state index in [9.17, 15) is 8.42 Å². The van der Waals surface area contributed by atoms with Crippen LogP contribution in [-0.4, -0.2) is 69.5 Å². The van der Waals surface area contributed by atoms with E-state index in [0.29, 0.717) is 49.7 Å². The van der Waals surface area contributed by atoms with E-state index in [1.54, 1.807) is 4.31 Å². The summed E-state index contributed by atoms with van der Waals surface area (Å²) in [4.78, 5) is 6.61. The summed E-state index contributed by atoms with van der Waals surface area (Å²) in [5.41, 5.74) is 1.15. The molecule has 9 nitrogen and oxygen atoms in total. The molecule has 2 aromatic heterocycles. The standard InChI is InChI=1S/C19H32N6O3S/c1-14(2)8-19-21-18(22-28-19)6-7-25(29(5,26)27)17-12-23(13-17)10-16-9-20-24(11-16)15(3)4/h9,11,14-15,17H,6-8,10,12-13H2,1-5H3. The molecule has 0 radical (unpaired) electrons. The Morgan fingerprint density at radius 3 is 2.59 bits per heavy atom. The van der Waals surface area contributed by atoms with Gasteiger partial charge in [-0.2, -0.15) is 14.4 Å². The van der Waals surface area contributed by atoms with Gasteiger partial charge in [0.05, 0.1) is 18.5 Å². The average Bonchev–Trinajstić information content (AvgIpc) is 3.20. The highest BCUT2D eigenvalue weighted by Crippen LogP contribution is 2.21. The lowest BCUT2D eigenvalue weighted by Crippen LogP contribution is -2.60. The van der Waals surface area contributed by atoms with Crippen LogP contribution in [-0.2, 0) is 29.4 Å². The zero-order valence-corrected chi connectivity index (χ0v) is 18.8. The molecular formula is C19H32N6O3S. The third kappa shape index (κ3) is 5.86. The molecule has 0 spiro atoms. The summed E-state index contributed by atoms with van der Waals surface area (Å²) in [5.74, 6) is 1.61. The second kappa shape index (κ2) is 8.93. The molecule has 0 aliphatic carbocycles. The molecule has 1 aliphatic rings. The Bertz CT molecular complexity index is 899. The first-order valence-electron chi connectivity index (χ1n) is 10.2. The minimum absolute atomic E-state index is 0.0211. The number of likely N-dealkylation sites (tertiary alicyclic amines) is 1. The molecule has 0 aromatic carbocycles. The van der Waals surface area contributed by atoms with Crippen molar-refractivity contribution >= 4 is 10.0 Å². The van der Waals surface area contributed by atoms with Crippen LogP contribution in [0.15, 0.2) is 16.9 Å². The van der Waals surface area contributed by atoms with Crippen LogP contribution in [0.2, 0.25) is 0 Å². The van der Waals surface area contributed by atoms with Crippen LogP contribution < -0.4 is 0 Å². The Labute approximate surface area is 173 Å². The molecule has 0 saturated carbocycles. The summed E-state index contributed by atoms with van der Waals surface area (Å²) in [6, 6.07) is 0.312. The highest BCUT2D eigenvalue weighted by molar-refractivity contribution is 7.88. The molecule has 29 heavy (non-hydrogen) atoms. The summed E-state index contributed by atoms with van der Waals surface area (Å²) >= 11 is 0. The Balaban J connectivity index is 1.53. The normalized spacial score (nSPS) is 16.3. The van der Waals surface area contributed by atoms with E-state index in [-0.39, 0.29) is 6.04 Å². The van der Waals surface area contributed by atoms with E-state index in [0.717, 1.165) is 18.5 Å². The Morgan fingerprint density at radius 1 is 1.28 bits per heavy atom. The van der Waals surface area contributed by atoms with Crippen LogP contribution in [0.1, 0.15) is 51.0 Å². The van der Waals surface area contributed by atoms with Gasteiger partial charge in [0.1, 0.15) is 0 Å². The van der Waals surface area contributed by atoms with Crippen molar-refractivity contribution < 1.29 is 12.9 Å². The zero-order chi connectivity index (χ0) is 21.2. The summed E-state index contributed by atoms with van der Waals surface area (Å²) in [7, 11) is -3.31. The van der Waals surface area contributed by atoms with Gasteiger partial charge in [-0.25, -0.2) is 8.42 Å². The largest absolute Gasteiger partial charge is 0.339 e. The zero-order valence-electron chi connectivity index (χ0n) is 17.9. The van der Waals surface area contributed by atoms with E-state index in [2.05, 4.69) is 54.0 Å². The van der Waals surface area contributed by atoms with Gasteiger partial charge in [-0.3, -0.25) is 9.58 Å². The highest BCUT2D eigenvalue weighted by Gasteiger charge is 2.36. The van der Waals surface area contributed by atoms with Crippen molar-refractivity contribution in [1.82, 2.24) is 29.1 Å². The molecule has 1 saturated heterocycles. The van der Waals surface area contributed by atoms with Gasteiger partial charge in [0.25, 0.3) is 0 Å². The van der Waals surface area contributed by atoms with Gasteiger partial charge in [-0.1, -0.05) is 19.0 Å². The predicted octanol–water partition coefficient (Wildman–Crippen LogP) is 1.73. The molecule has 1 aliphatic heterocycles. The van der Waals surface area contributed by atoms with Crippen molar-refractivity contribution in [3.8, 4) is 0 Å². The van der Waals surface area contributed by atoms with E-state index in [1.807, 2.05) is 10.9 Å². The molecular weight excluding hydrogens is 392 g/mol. The van der Waals surface area contributed by atoms with Crippen molar-refractivity contribution in [2.24, 2.45) is 5.92 Å². The molecule has 10 heteroatoms. The Morgan fingerprint density at radius 2 is 2.00 bits per heavy atom. The average molecular weight is 425 g/mol. The summed E-state index contributed by atoms with van der Waals surface area (Å²) in [6.07, 6.45) is 6.38. The Kier molecular flexibility index (Phi) is 6.75. The number of hydrogen-bond donors (Lipinski definition) is 0. The SMILES string of the molecule is CC(C)Cc1nc(CCN(C2CN(Cc3cnn(C(C)C)c3)C2)S(C)(=O)=O)no1. The van der Waals surface area contributed by atoms with Crippen molar-refractivity contribution in [1.29, 1.82) is 0 Å². The van der Waals surface area contributed by atoms with Gasteiger partial charge < -0.3 is 4.52 Å². The van der Waals surface area contributed by atoms with Gasteiger partial charge >= 0.3 is 0 Å². The maximum atomic E-state index is 12.3. The van der Waals surface area contributed by atoms with Crippen LogP contribution in [0.3, 0.4) is 0 Å². The topological polar surface area (TPSA) is 97.4 Å². The van der Waals surface area contributed by atoms with E-state index in [1.165, 1.54) is 6.26 Å². The molecule has 0 atom stereocenters. The summed E-state index contributed by atoms with van der Waals surface area (Å²) < 4.78 is 33.4. The van der Waals surface area contributed by atoms with Crippen LogP contribution in [0.5, 0.6) is 0 Å². The van der Waals surface area contributed by atoms with Crippen molar-refractivity contribution in [2.75, 3.05) is 25.9 Å². The van der Waals surface area contributed by atoms with Crippen LogP contribution in [0, 0.1) is 5.92 Å². The number of aromatic nitrogens is 4. The van der Waals surface area contributed by atoms with Crippen LogP contribution in [0.25, 0.3) is 0 Å². The van der Waals surface area contributed by atoms with Crippen molar-refractivity contribution in [2.45, 2.75) is 59.2 Å². The highest BCUT2D eigenvalue weighted by atomic mass is 32.2. The van der Waals surface area contributed by atoms with Gasteiger partial charge in [-0.05, 0) is 19.8 Å². The number of sulfonamides is 1. The maximum absolute atomic E-state index is 12.3. The molecule has 0 amide bonds. The van der Waals surface area contributed by atoms with E-state index >= 15 is 0 Å². The lowest BCUT2D eigenvalue weighted by atomic mass is 10.1. The first-order valence-corrected chi connectivity index (χ1v) is 12.0. The summed E-state index contributed by atoms with van der Waals surface area (Å²) in [5, 5.41) is 8.35. The predicted molar refractivity (Wildman–Crippen MR) is 110 cm³/mol. The number of rotatable bonds is 10. The second-order valence-corrected chi connectivity index (χ2v) is 10.5. The van der Waals surface area contributed by atoms with Gasteiger partial charge in [-0.15, -0.1) is 0 Å². The third-order valence-electron chi connectivity index (χ3n) is 5.01. The lowest BCUT2D eigenvalue weighted by molar-refractivity contribution is 0.0730. The van der Waals surface area contributed by atoms with Crippen LogP contribution >= 0.6 is 0 Å². The fourth-order valence-corrected chi connectivity index (χ4v) is 4.60. The van der Waals surface area contributed by atoms with E-state index < -0.39 is 10.0 Å². The first-order chi connectivity index (χ1) is 13.6. The molecule has 2 aromatic rings. The number of hydrogen-bond acceptors (Lipinski definition) is 7. The smallest absolute Gasteiger partial charge is 0.226 e. The molecule has 1 fully saturated rings. The lowest BCUT2D eigenvalue weighted by Gasteiger charge is -2.44. The van der Waals surface area contributed by atoms with Gasteiger partial charge in [0, 0.05) is 56.8 Å². The fourth-order valence-electron chi connectivity index (χ4n) is 3.51. The molecule has 0 unspecified atom stereocenters. The third-order valence-corrected chi connectivity index (χ3v) is 6.34. The minimum atomic E-state index is -3.31. The molecule has 0 bridgehead atoms. The van der Waals surface area contributed by atoms with E-state index in [4.69, 9.17) is 4.52 Å². The molecule has 0 N–H and O–H groups in total. The van der Waals surface area contributed by atoms with Crippen molar-refractivity contribution in [3.63, 3.8) is 0 Å². The quantitative estimate of drug-likeness (QED) is 0.573. The fraction of sp³-hybridized carbons (Fsp3) is 0.737. The van der Waals surface area contributed by atoms with Crippen molar-refractivity contribution in [3.05, 3.63) is 29.7 Å². The Hall–Kier alpha value is -1.78. The molecule has 3 rings (SSSR count). The molecule has 162 valence electrons. The minimum Gasteiger partial charge on any atom is -0.339 e. The molecule has 3 heterocycles. The van der Waals surface area contributed by atoms with Gasteiger partial charge in [0.2, 0.25) is 15.9 Å². The number of nitrogens with zero attached hydrogens (tertiary/aromatic N) is 6. The summed E-state index contributed by atoms with van der Waals surface area (Å²) in [6.45, 7) is 10.9.